The van der Waals surface area contributed by atoms with Crippen LogP contribution in [0.15, 0.2) is 22.7 Å². The molecule has 0 radical (unpaired) electrons. The number of para-hydroxylation sites is 1. The highest BCUT2D eigenvalue weighted by Crippen LogP contribution is 2.29. The Morgan fingerprint density at radius 3 is 2.89 bits per heavy atom. The van der Waals surface area contributed by atoms with Crippen molar-refractivity contribution in [2.75, 3.05) is 24.7 Å². The molecule has 0 aromatic heterocycles. The van der Waals surface area contributed by atoms with Crippen LogP contribution in [-0.2, 0) is 6.54 Å². The average molecular weight is 346 g/mol. The monoisotopic (exact) mass is 345 g/mol. The molecule has 0 heterocycles. The molecule has 0 bridgehead atoms. The number of thioether (sulfide) groups is 1. The highest BCUT2D eigenvalue weighted by atomic mass is 79.9. The summed E-state index contributed by atoms with van der Waals surface area (Å²) in [6, 6.07) is 6.23. The van der Waals surface area contributed by atoms with Crippen LogP contribution in [0.2, 0.25) is 0 Å². The van der Waals surface area contributed by atoms with Gasteiger partial charge in [0.05, 0.1) is 11.1 Å². The topological polar surface area (TPSA) is 21.3 Å². The minimum absolute atomic E-state index is 0.788. The second-order valence-corrected chi connectivity index (χ2v) is 6.55. The highest BCUT2D eigenvalue weighted by Gasteiger charge is 2.07. The molecule has 0 aliphatic carbocycles. The lowest BCUT2D eigenvalue weighted by Gasteiger charge is -2.13. The molecule has 0 unspecified atom stereocenters. The minimum Gasteiger partial charge on any atom is -0.492 e. The molecule has 1 aromatic rings. The predicted octanol–water partition coefficient (Wildman–Crippen LogP) is 4.47. The van der Waals surface area contributed by atoms with Crippen molar-refractivity contribution in [3.8, 4) is 5.75 Å². The van der Waals surface area contributed by atoms with Gasteiger partial charge < -0.3 is 10.1 Å². The average Bonchev–Trinajstić information content (AvgIpc) is 2.41. The van der Waals surface area contributed by atoms with E-state index >= 15 is 0 Å². The summed E-state index contributed by atoms with van der Waals surface area (Å²) < 4.78 is 6.99. The first-order chi connectivity index (χ1) is 9.29. The fourth-order valence-corrected chi connectivity index (χ4v) is 2.87. The Kier molecular flexibility index (Phi) is 9.39. The van der Waals surface area contributed by atoms with Crippen molar-refractivity contribution < 1.29 is 4.74 Å². The van der Waals surface area contributed by atoms with Crippen molar-refractivity contribution in [3.05, 3.63) is 28.2 Å². The molecule has 2 nitrogen and oxygen atoms in total. The molecule has 0 aliphatic heterocycles. The van der Waals surface area contributed by atoms with Crippen LogP contribution in [0.4, 0.5) is 0 Å². The van der Waals surface area contributed by atoms with Crippen LogP contribution in [0.5, 0.6) is 5.75 Å². The molecule has 0 amide bonds. The van der Waals surface area contributed by atoms with Crippen molar-refractivity contribution >= 4 is 27.7 Å². The number of benzene rings is 1. The summed E-state index contributed by atoms with van der Waals surface area (Å²) in [6.45, 7) is 7.06. The number of halogens is 1. The Balaban J connectivity index is 2.49. The molecule has 0 fully saturated rings. The summed E-state index contributed by atoms with van der Waals surface area (Å²) in [7, 11) is 0. The maximum Gasteiger partial charge on any atom is 0.137 e. The molecule has 1 rings (SSSR count). The SMILES string of the molecule is CCCNCc1cccc(Br)c1OCCCSCC. The van der Waals surface area contributed by atoms with Crippen LogP contribution < -0.4 is 10.1 Å². The molecule has 0 atom stereocenters. The fourth-order valence-electron chi connectivity index (χ4n) is 1.73. The van der Waals surface area contributed by atoms with E-state index < -0.39 is 0 Å². The van der Waals surface area contributed by atoms with E-state index in [1.165, 1.54) is 17.1 Å². The van der Waals surface area contributed by atoms with E-state index in [2.05, 4.69) is 47.2 Å². The van der Waals surface area contributed by atoms with Gasteiger partial charge in [-0.15, -0.1) is 0 Å². The van der Waals surface area contributed by atoms with Crippen molar-refractivity contribution in [2.45, 2.75) is 33.2 Å². The smallest absolute Gasteiger partial charge is 0.137 e. The van der Waals surface area contributed by atoms with Crippen LogP contribution in [0.25, 0.3) is 0 Å². The normalized spacial score (nSPS) is 10.7. The summed E-state index contributed by atoms with van der Waals surface area (Å²) in [6.07, 6.45) is 2.25. The van der Waals surface area contributed by atoms with Gasteiger partial charge in [-0.1, -0.05) is 26.0 Å². The van der Waals surface area contributed by atoms with E-state index in [1.807, 2.05) is 17.8 Å². The van der Waals surface area contributed by atoms with E-state index in [0.717, 1.165) is 42.8 Å². The molecule has 1 N–H and O–H groups in total. The number of nitrogens with one attached hydrogen (secondary N) is 1. The summed E-state index contributed by atoms with van der Waals surface area (Å²) in [5.74, 6) is 3.35. The van der Waals surface area contributed by atoms with E-state index in [1.54, 1.807) is 0 Å². The maximum atomic E-state index is 5.94. The lowest BCUT2D eigenvalue weighted by Crippen LogP contribution is -2.15. The van der Waals surface area contributed by atoms with E-state index in [9.17, 15) is 0 Å². The zero-order valence-electron chi connectivity index (χ0n) is 11.9. The first kappa shape index (κ1) is 16.9. The zero-order valence-corrected chi connectivity index (χ0v) is 14.3. The third kappa shape index (κ3) is 6.68. The Bertz CT molecular complexity index is 360. The molecule has 1 aromatic carbocycles. The molecule has 0 saturated carbocycles. The first-order valence-electron chi connectivity index (χ1n) is 6.98. The van der Waals surface area contributed by atoms with Crippen molar-refractivity contribution in [2.24, 2.45) is 0 Å². The second kappa shape index (κ2) is 10.6. The fraction of sp³-hybridized carbons (Fsp3) is 0.600. The van der Waals surface area contributed by atoms with Crippen molar-refractivity contribution in [1.82, 2.24) is 5.32 Å². The number of hydrogen-bond donors (Lipinski definition) is 1. The van der Waals surface area contributed by atoms with Crippen LogP contribution in [-0.4, -0.2) is 24.7 Å². The van der Waals surface area contributed by atoms with Crippen LogP contribution in [0.1, 0.15) is 32.3 Å². The zero-order chi connectivity index (χ0) is 13.9. The number of hydrogen-bond acceptors (Lipinski definition) is 3. The second-order valence-electron chi connectivity index (χ2n) is 4.30. The Morgan fingerprint density at radius 2 is 2.16 bits per heavy atom. The van der Waals surface area contributed by atoms with Gasteiger partial charge in [0, 0.05) is 12.1 Å². The third-order valence-corrected chi connectivity index (χ3v) is 4.28. The minimum atomic E-state index is 0.788. The molecule has 19 heavy (non-hydrogen) atoms. The lowest BCUT2D eigenvalue weighted by molar-refractivity contribution is 0.312. The van der Waals surface area contributed by atoms with E-state index in [0.29, 0.717) is 0 Å². The van der Waals surface area contributed by atoms with E-state index in [-0.39, 0.29) is 0 Å². The molecule has 0 aliphatic rings. The van der Waals surface area contributed by atoms with Gasteiger partial charge in [0.15, 0.2) is 0 Å². The van der Waals surface area contributed by atoms with Gasteiger partial charge in [0.1, 0.15) is 5.75 Å². The Hall–Kier alpha value is -0.190. The lowest BCUT2D eigenvalue weighted by atomic mass is 10.2. The molecule has 108 valence electrons. The highest BCUT2D eigenvalue weighted by molar-refractivity contribution is 9.10. The maximum absolute atomic E-state index is 5.94. The van der Waals surface area contributed by atoms with Gasteiger partial charge in [0.2, 0.25) is 0 Å². The van der Waals surface area contributed by atoms with Gasteiger partial charge in [-0.25, -0.2) is 0 Å². The van der Waals surface area contributed by atoms with Crippen LogP contribution in [0.3, 0.4) is 0 Å². The van der Waals surface area contributed by atoms with Crippen molar-refractivity contribution in [1.29, 1.82) is 0 Å². The van der Waals surface area contributed by atoms with Crippen molar-refractivity contribution in [3.63, 3.8) is 0 Å². The van der Waals surface area contributed by atoms with Crippen LogP contribution >= 0.6 is 27.7 Å². The van der Waals surface area contributed by atoms with Gasteiger partial charge in [0.25, 0.3) is 0 Å². The molecule has 0 spiro atoms. The quantitative estimate of drug-likeness (QED) is 0.632. The molecular weight excluding hydrogens is 322 g/mol. The van der Waals surface area contributed by atoms with Gasteiger partial charge in [-0.2, -0.15) is 11.8 Å². The predicted molar refractivity (Wildman–Crippen MR) is 89.3 cm³/mol. The van der Waals surface area contributed by atoms with Gasteiger partial charge in [-0.3, -0.25) is 0 Å². The number of rotatable bonds is 10. The Morgan fingerprint density at radius 1 is 1.32 bits per heavy atom. The van der Waals surface area contributed by atoms with Gasteiger partial charge in [-0.05, 0) is 52.9 Å². The van der Waals surface area contributed by atoms with E-state index in [4.69, 9.17) is 4.74 Å². The Labute approximate surface area is 129 Å². The molecule has 4 heteroatoms. The third-order valence-electron chi connectivity index (χ3n) is 2.67. The first-order valence-corrected chi connectivity index (χ1v) is 8.93. The summed E-state index contributed by atoms with van der Waals surface area (Å²) in [4.78, 5) is 0. The standard InChI is InChI=1S/C15H24BrNOS/c1-3-9-17-12-13-7-5-8-14(16)15(13)18-10-6-11-19-4-2/h5,7-8,17H,3-4,6,9-12H2,1-2H3. The largest absolute Gasteiger partial charge is 0.492 e. The summed E-state index contributed by atoms with van der Waals surface area (Å²) >= 11 is 5.55. The summed E-state index contributed by atoms with van der Waals surface area (Å²) in [5.41, 5.74) is 1.23. The molecule has 0 saturated heterocycles. The van der Waals surface area contributed by atoms with Crippen LogP contribution in [0, 0.1) is 0 Å². The number of ether oxygens (including phenoxy) is 1. The molecular formula is C15H24BrNOS. The summed E-state index contributed by atoms with van der Waals surface area (Å²) in [5, 5.41) is 3.42. The van der Waals surface area contributed by atoms with Gasteiger partial charge >= 0.3 is 0 Å².